The summed E-state index contributed by atoms with van der Waals surface area (Å²) in [5, 5.41) is 4.71. The average Bonchev–Trinajstić information content (AvgIpc) is 2.38. The van der Waals surface area contributed by atoms with E-state index in [9.17, 15) is 14.0 Å². The Hall–Kier alpha value is -1.14. The molecule has 0 fully saturated rings. The smallest absolute Gasteiger partial charge is 0.253 e. The fourth-order valence-corrected chi connectivity index (χ4v) is 1.84. The van der Waals surface area contributed by atoms with Crippen LogP contribution in [0.5, 0.6) is 0 Å². The van der Waals surface area contributed by atoms with Gasteiger partial charge in [0.05, 0.1) is 27.3 Å². The molecular weight excluding hydrogens is 302 g/mol. The van der Waals surface area contributed by atoms with Crippen molar-refractivity contribution in [3.63, 3.8) is 0 Å². The summed E-state index contributed by atoms with van der Waals surface area (Å²) in [7, 11) is 0. The number of carbonyl (C=O) groups is 2. The zero-order valence-electron chi connectivity index (χ0n) is 7.73. The molecule has 84 valence electrons. The minimum atomic E-state index is -0.757. The summed E-state index contributed by atoms with van der Waals surface area (Å²) in [4.78, 5) is 22.7. The molecule has 1 aliphatic heterocycles. The van der Waals surface area contributed by atoms with Crippen molar-refractivity contribution in [2.75, 3.05) is 11.9 Å². The van der Waals surface area contributed by atoms with Gasteiger partial charge in [0, 0.05) is 0 Å². The first-order chi connectivity index (χ1) is 7.50. The van der Waals surface area contributed by atoms with Crippen molar-refractivity contribution in [1.82, 2.24) is 5.32 Å². The Bertz CT molecular complexity index is 507. The molecule has 0 radical (unpaired) electrons. The molecule has 0 saturated carbocycles. The quantitative estimate of drug-likeness (QED) is 0.720. The SMILES string of the molecule is O=C1CNC(=O)c2cc(Cl)c(Br)c(F)c2N1. The van der Waals surface area contributed by atoms with Crippen molar-refractivity contribution in [3.8, 4) is 0 Å². The van der Waals surface area contributed by atoms with Gasteiger partial charge in [-0.3, -0.25) is 9.59 Å². The fourth-order valence-electron chi connectivity index (χ4n) is 1.34. The third-order valence-electron chi connectivity index (χ3n) is 2.08. The van der Waals surface area contributed by atoms with E-state index in [1.54, 1.807) is 0 Å². The lowest BCUT2D eigenvalue weighted by atomic mass is 10.1. The maximum Gasteiger partial charge on any atom is 0.253 e. The van der Waals surface area contributed by atoms with Crippen LogP contribution in [0.2, 0.25) is 5.02 Å². The molecule has 1 heterocycles. The molecule has 2 N–H and O–H groups in total. The number of hydrogen-bond donors (Lipinski definition) is 2. The van der Waals surface area contributed by atoms with Gasteiger partial charge in [0.1, 0.15) is 0 Å². The molecule has 0 unspecified atom stereocenters. The van der Waals surface area contributed by atoms with Crippen LogP contribution >= 0.6 is 27.5 Å². The summed E-state index contributed by atoms with van der Waals surface area (Å²) < 4.78 is 13.8. The second-order valence-electron chi connectivity index (χ2n) is 3.14. The molecule has 0 bridgehead atoms. The van der Waals surface area contributed by atoms with Gasteiger partial charge < -0.3 is 10.6 Å². The molecule has 2 amide bonds. The van der Waals surface area contributed by atoms with Crippen LogP contribution < -0.4 is 10.6 Å². The average molecular weight is 308 g/mol. The lowest BCUT2D eigenvalue weighted by molar-refractivity contribution is -0.115. The van der Waals surface area contributed by atoms with Crippen LogP contribution in [0.4, 0.5) is 10.1 Å². The first kappa shape index (κ1) is 11.3. The topological polar surface area (TPSA) is 58.2 Å². The molecule has 0 atom stereocenters. The predicted molar refractivity (Wildman–Crippen MR) is 60.1 cm³/mol. The molecule has 16 heavy (non-hydrogen) atoms. The molecular formula is C9H5BrClFN2O2. The Morgan fingerprint density at radius 3 is 2.81 bits per heavy atom. The number of carbonyl (C=O) groups excluding carboxylic acids is 2. The van der Waals surface area contributed by atoms with E-state index in [1.807, 2.05) is 0 Å². The van der Waals surface area contributed by atoms with E-state index in [1.165, 1.54) is 6.07 Å². The van der Waals surface area contributed by atoms with E-state index in [0.29, 0.717) is 0 Å². The van der Waals surface area contributed by atoms with Crippen LogP contribution in [-0.2, 0) is 4.79 Å². The third-order valence-corrected chi connectivity index (χ3v) is 3.38. The van der Waals surface area contributed by atoms with E-state index in [-0.39, 0.29) is 27.3 Å². The normalized spacial score (nSPS) is 14.9. The van der Waals surface area contributed by atoms with Gasteiger partial charge in [0.25, 0.3) is 5.91 Å². The highest BCUT2D eigenvalue weighted by molar-refractivity contribution is 9.10. The highest BCUT2D eigenvalue weighted by atomic mass is 79.9. The van der Waals surface area contributed by atoms with Gasteiger partial charge in [-0.25, -0.2) is 4.39 Å². The van der Waals surface area contributed by atoms with Gasteiger partial charge in [0.15, 0.2) is 5.82 Å². The van der Waals surface area contributed by atoms with Crippen LogP contribution in [0.1, 0.15) is 10.4 Å². The largest absolute Gasteiger partial charge is 0.343 e. The summed E-state index contributed by atoms with van der Waals surface area (Å²) in [6.07, 6.45) is 0. The standard InChI is InChI=1S/C9H5BrClFN2O2/c10-6-4(11)1-3-8(7(6)12)14-5(15)2-13-9(3)16/h1H,2H2,(H,13,16)(H,14,15). The first-order valence-electron chi connectivity index (χ1n) is 4.26. The second kappa shape index (κ2) is 4.03. The molecule has 1 aromatic rings. The van der Waals surface area contributed by atoms with Gasteiger partial charge in [-0.15, -0.1) is 0 Å². The maximum absolute atomic E-state index is 13.7. The maximum atomic E-state index is 13.7. The number of amides is 2. The Balaban J connectivity index is 2.68. The van der Waals surface area contributed by atoms with E-state index in [2.05, 4.69) is 26.6 Å². The highest BCUT2D eigenvalue weighted by Crippen LogP contribution is 2.34. The summed E-state index contributed by atoms with van der Waals surface area (Å²) >= 11 is 8.66. The first-order valence-corrected chi connectivity index (χ1v) is 5.43. The van der Waals surface area contributed by atoms with Crippen molar-refractivity contribution >= 4 is 45.0 Å². The van der Waals surface area contributed by atoms with E-state index in [0.717, 1.165) is 0 Å². The van der Waals surface area contributed by atoms with E-state index < -0.39 is 17.6 Å². The fraction of sp³-hybridized carbons (Fsp3) is 0.111. The van der Waals surface area contributed by atoms with Gasteiger partial charge in [-0.1, -0.05) is 11.6 Å². The minimum absolute atomic E-state index is 0.0107. The van der Waals surface area contributed by atoms with E-state index in [4.69, 9.17) is 11.6 Å². The molecule has 0 aliphatic carbocycles. The molecule has 4 nitrogen and oxygen atoms in total. The Labute approximate surface area is 103 Å². The molecule has 7 heteroatoms. The van der Waals surface area contributed by atoms with Crippen molar-refractivity contribution in [2.45, 2.75) is 0 Å². The van der Waals surface area contributed by atoms with Crippen LogP contribution in [0.15, 0.2) is 10.5 Å². The number of nitrogens with one attached hydrogen (secondary N) is 2. The van der Waals surface area contributed by atoms with Crippen molar-refractivity contribution in [2.24, 2.45) is 0 Å². The van der Waals surface area contributed by atoms with Gasteiger partial charge >= 0.3 is 0 Å². The lowest BCUT2D eigenvalue weighted by Crippen LogP contribution is -2.28. The zero-order valence-corrected chi connectivity index (χ0v) is 10.1. The molecule has 1 aliphatic rings. The lowest BCUT2D eigenvalue weighted by Gasteiger charge is -2.09. The molecule has 2 rings (SSSR count). The third kappa shape index (κ3) is 1.78. The van der Waals surface area contributed by atoms with Crippen LogP contribution in [0.25, 0.3) is 0 Å². The molecule has 1 aromatic carbocycles. The number of rotatable bonds is 0. The Morgan fingerprint density at radius 1 is 1.44 bits per heavy atom. The van der Waals surface area contributed by atoms with Gasteiger partial charge in [0.2, 0.25) is 5.91 Å². The van der Waals surface area contributed by atoms with Crippen molar-refractivity contribution in [1.29, 1.82) is 0 Å². The summed E-state index contributed by atoms with van der Waals surface area (Å²) in [6, 6.07) is 1.30. The summed E-state index contributed by atoms with van der Waals surface area (Å²) in [6.45, 7) is -0.192. The van der Waals surface area contributed by atoms with Gasteiger partial charge in [-0.05, 0) is 22.0 Å². The Kier molecular flexibility index (Phi) is 2.86. The minimum Gasteiger partial charge on any atom is -0.343 e. The number of halogens is 3. The second-order valence-corrected chi connectivity index (χ2v) is 4.34. The number of anilines is 1. The van der Waals surface area contributed by atoms with Crippen LogP contribution in [0.3, 0.4) is 0 Å². The number of benzene rings is 1. The number of fused-ring (bicyclic) bond motifs is 1. The highest BCUT2D eigenvalue weighted by Gasteiger charge is 2.25. The van der Waals surface area contributed by atoms with E-state index >= 15 is 0 Å². The van der Waals surface area contributed by atoms with Crippen LogP contribution in [0, 0.1) is 5.82 Å². The Morgan fingerprint density at radius 2 is 2.12 bits per heavy atom. The monoisotopic (exact) mass is 306 g/mol. The summed E-state index contributed by atoms with van der Waals surface area (Å²) in [5.41, 5.74) is -0.146. The van der Waals surface area contributed by atoms with Crippen LogP contribution in [-0.4, -0.2) is 18.4 Å². The van der Waals surface area contributed by atoms with Crippen molar-refractivity contribution in [3.05, 3.63) is 26.9 Å². The molecule has 0 aromatic heterocycles. The van der Waals surface area contributed by atoms with Crippen molar-refractivity contribution < 1.29 is 14.0 Å². The van der Waals surface area contributed by atoms with Gasteiger partial charge in [-0.2, -0.15) is 0 Å². The molecule has 0 saturated heterocycles. The number of hydrogen-bond acceptors (Lipinski definition) is 2. The zero-order chi connectivity index (χ0) is 11.9. The summed E-state index contributed by atoms with van der Waals surface area (Å²) in [5.74, 6) is -1.78. The molecule has 0 spiro atoms. The predicted octanol–water partition coefficient (Wildman–Crippen LogP) is 1.92.